The van der Waals surface area contributed by atoms with Crippen molar-refractivity contribution in [1.82, 2.24) is 0 Å². The van der Waals surface area contributed by atoms with E-state index in [1.165, 1.54) is 0 Å². The number of carboxylic acids is 1. The maximum absolute atomic E-state index is 13.7. The van der Waals surface area contributed by atoms with Crippen molar-refractivity contribution in [2.75, 3.05) is 16.8 Å². The normalized spacial score (nSPS) is 21.5. The Kier molecular flexibility index (Phi) is 4.22. The lowest BCUT2D eigenvalue weighted by Crippen LogP contribution is -2.35. The molecule has 1 atom stereocenters. The molecule has 0 aromatic heterocycles. The highest BCUT2D eigenvalue weighted by atomic mass is 32.2. The minimum Gasteiger partial charge on any atom is -0.478 e. The van der Waals surface area contributed by atoms with Crippen LogP contribution < -0.4 is 5.32 Å². The van der Waals surface area contributed by atoms with Gasteiger partial charge in [0.2, 0.25) is 0 Å². The monoisotopic (exact) mass is 301 g/mol. The smallest absolute Gasteiger partial charge is 0.338 e. The van der Waals surface area contributed by atoms with Crippen LogP contribution in [0.4, 0.5) is 14.5 Å². The number of halogens is 2. The van der Waals surface area contributed by atoms with Crippen molar-refractivity contribution in [1.29, 1.82) is 0 Å². The lowest BCUT2D eigenvalue weighted by molar-refractivity contribution is 0.0692. The molecule has 0 radical (unpaired) electrons. The predicted octanol–water partition coefficient (Wildman–Crippen LogP) is 3.61. The Morgan fingerprint density at radius 3 is 2.70 bits per heavy atom. The molecule has 0 spiro atoms. The van der Waals surface area contributed by atoms with Crippen LogP contribution >= 0.6 is 11.8 Å². The molecule has 6 heteroatoms. The van der Waals surface area contributed by atoms with Gasteiger partial charge in [-0.05, 0) is 23.7 Å². The minimum absolute atomic E-state index is 0.0466. The van der Waals surface area contributed by atoms with E-state index in [9.17, 15) is 13.6 Å². The van der Waals surface area contributed by atoms with Crippen molar-refractivity contribution in [3.8, 4) is 0 Å². The molecule has 2 rings (SSSR count). The zero-order chi connectivity index (χ0) is 14.9. The fourth-order valence-corrected chi connectivity index (χ4v) is 3.67. The molecule has 1 aliphatic heterocycles. The molecule has 20 heavy (non-hydrogen) atoms. The molecule has 110 valence electrons. The average Bonchev–Trinajstić information content (AvgIpc) is 2.31. The Hall–Kier alpha value is -1.30. The molecular weight excluding hydrogens is 284 g/mol. The van der Waals surface area contributed by atoms with E-state index >= 15 is 0 Å². The number of hydrogen-bond acceptors (Lipinski definition) is 3. The molecule has 0 amide bonds. The van der Waals surface area contributed by atoms with E-state index < -0.39 is 23.2 Å². The van der Waals surface area contributed by atoms with Gasteiger partial charge >= 0.3 is 5.97 Å². The van der Waals surface area contributed by atoms with Gasteiger partial charge in [0.05, 0.1) is 11.3 Å². The van der Waals surface area contributed by atoms with Gasteiger partial charge in [0.25, 0.3) is 0 Å². The van der Waals surface area contributed by atoms with E-state index in [4.69, 9.17) is 5.11 Å². The van der Waals surface area contributed by atoms with E-state index in [1.54, 1.807) is 11.8 Å². The summed E-state index contributed by atoms with van der Waals surface area (Å²) >= 11 is 1.77. The maximum Gasteiger partial charge on any atom is 0.338 e. The van der Waals surface area contributed by atoms with Crippen molar-refractivity contribution in [2.24, 2.45) is 5.41 Å². The molecule has 0 aliphatic carbocycles. The second-order valence-corrected chi connectivity index (χ2v) is 6.87. The van der Waals surface area contributed by atoms with Crippen LogP contribution in [-0.4, -0.2) is 28.6 Å². The van der Waals surface area contributed by atoms with Crippen LogP contribution in [0.15, 0.2) is 12.1 Å². The van der Waals surface area contributed by atoms with Gasteiger partial charge in [0.1, 0.15) is 11.6 Å². The Morgan fingerprint density at radius 2 is 2.10 bits per heavy atom. The molecule has 1 heterocycles. The fourth-order valence-electron chi connectivity index (χ4n) is 2.40. The second-order valence-electron chi connectivity index (χ2n) is 5.84. The number of hydrogen-bond donors (Lipinski definition) is 2. The van der Waals surface area contributed by atoms with Gasteiger partial charge in [-0.1, -0.05) is 13.8 Å². The quantitative estimate of drug-likeness (QED) is 0.895. The van der Waals surface area contributed by atoms with Gasteiger partial charge in [0, 0.05) is 17.9 Å². The summed E-state index contributed by atoms with van der Waals surface area (Å²) in [6.07, 6.45) is 0.860. The largest absolute Gasteiger partial charge is 0.478 e. The third-order valence-electron chi connectivity index (χ3n) is 3.26. The van der Waals surface area contributed by atoms with Crippen LogP contribution in [0.2, 0.25) is 0 Å². The summed E-state index contributed by atoms with van der Waals surface area (Å²) in [5, 5.41) is 11.9. The highest BCUT2D eigenvalue weighted by molar-refractivity contribution is 7.99. The lowest BCUT2D eigenvalue weighted by atomic mass is 9.87. The number of benzene rings is 1. The first-order valence-electron chi connectivity index (χ1n) is 6.35. The van der Waals surface area contributed by atoms with Crippen molar-refractivity contribution in [3.63, 3.8) is 0 Å². The van der Waals surface area contributed by atoms with Crippen molar-refractivity contribution < 1.29 is 18.7 Å². The van der Waals surface area contributed by atoms with Gasteiger partial charge in [-0.2, -0.15) is 11.8 Å². The van der Waals surface area contributed by atoms with E-state index in [0.717, 1.165) is 24.0 Å². The van der Waals surface area contributed by atoms with Crippen LogP contribution in [0.5, 0.6) is 0 Å². The Labute approximate surface area is 120 Å². The standard InChI is InChI=1S/C14H17F2NO2S/c1-14(2)5-8(6-20-7-14)17-12-3-9(13(18)19)10(15)4-11(12)16/h3-4,8,17H,5-7H2,1-2H3,(H,18,19). The summed E-state index contributed by atoms with van der Waals surface area (Å²) in [7, 11) is 0. The predicted molar refractivity (Wildman–Crippen MR) is 76.5 cm³/mol. The van der Waals surface area contributed by atoms with Gasteiger partial charge in [-0.3, -0.25) is 0 Å². The van der Waals surface area contributed by atoms with Gasteiger partial charge in [0.15, 0.2) is 0 Å². The van der Waals surface area contributed by atoms with E-state index in [0.29, 0.717) is 6.07 Å². The fraction of sp³-hybridized carbons (Fsp3) is 0.500. The molecule has 1 aliphatic rings. The SMILES string of the molecule is CC1(C)CSCC(Nc2cc(C(=O)O)c(F)cc2F)C1. The molecule has 3 nitrogen and oxygen atoms in total. The summed E-state index contributed by atoms with van der Waals surface area (Å²) in [6.45, 7) is 4.27. The number of nitrogens with one attached hydrogen (secondary N) is 1. The number of carboxylic acid groups (broad SMARTS) is 1. The first-order chi connectivity index (χ1) is 9.28. The highest BCUT2D eigenvalue weighted by Gasteiger charge is 2.29. The third-order valence-corrected chi connectivity index (χ3v) is 4.88. The van der Waals surface area contributed by atoms with E-state index in [1.807, 2.05) is 0 Å². The average molecular weight is 301 g/mol. The number of anilines is 1. The first-order valence-corrected chi connectivity index (χ1v) is 7.50. The number of carbonyl (C=O) groups is 1. The molecule has 0 saturated carbocycles. The summed E-state index contributed by atoms with van der Waals surface area (Å²) in [5.41, 5.74) is -0.323. The summed E-state index contributed by atoms with van der Waals surface area (Å²) in [4.78, 5) is 10.9. The minimum atomic E-state index is -1.40. The molecule has 1 saturated heterocycles. The Morgan fingerprint density at radius 1 is 1.40 bits per heavy atom. The maximum atomic E-state index is 13.7. The summed E-state index contributed by atoms with van der Waals surface area (Å²) in [5.74, 6) is -1.36. The Bertz CT molecular complexity index is 534. The molecule has 1 unspecified atom stereocenters. The van der Waals surface area contributed by atoms with Crippen LogP contribution in [-0.2, 0) is 0 Å². The number of rotatable bonds is 3. The molecule has 1 fully saturated rings. The van der Waals surface area contributed by atoms with Crippen LogP contribution in [0, 0.1) is 17.0 Å². The number of aromatic carboxylic acids is 1. The van der Waals surface area contributed by atoms with Crippen molar-refractivity contribution in [3.05, 3.63) is 29.3 Å². The highest BCUT2D eigenvalue weighted by Crippen LogP contribution is 2.35. The van der Waals surface area contributed by atoms with Gasteiger partial charge < -0.3 is 10.4 Å². The zero-order valence-corrected chi connectivity index (χ0v) is 12.2. The Balaban J connectivity index is 2.21. The topological polar surface area (TPSA) is 49.3 Å². The summed E-state index contributed by atoms with van der Waals surface area (Å²) in [6, 6.07) is 1.69. The second kappa shape index (κ2) is 5.60. The van der Waals surface area contributed by atoms with Gasteiger partial charge in [-0.25, -0.2) is 13.6 Å². The third kappa shape index (κ3) is 3.42. The van der Waals surface area contributed by atoms with E-state index in [2.05, 4.69) is 19.2 Å². The van der Waals surface area contributed by atoms with Crippen molar-refractivity contribution in [2.45, 2.75) is 26.3 Å². The summed E-state index contributed by atoms with van der Waals surface area (Å²) < 4.78 is 27.1. The number of thioether (sulfide) groups is 1. The molecular formula is C14H17F2NO2S. The van der Waals surface area contributed by atoms with E-state index in [-0.39, 0.29) is 17.1 Å². The van der Waals surface area contributed by atoms with Crippen LogP contribution in [0.1, 0.15) is 30.6 Å². The molecule has 1 aromatic carbocycles. The molecule has 0 bridgehead atoms. The first kappa shape index (κ1) is 15.1. The van der Waals surface area contributed by atoms with Crippen molar-refractivity contribution >= 4 is 23.4 Å². The van der Waals surface area contributed by atoms with Gasteiger partial charge in [-0.15, -0.1) is 0 Å². The molecule has 2 N–H and O–H groups in total. The molecule has 1 aromatic rings. The lowest BCUT2D eigenvalue weighted by Gasteiger charge is -2.35. The zero-order valence-electron chi connectivity index (χ0n) is 11.4. The van der Waals surface area contributed by atoms with Crippen LogP contribution in [0.25, 0.3) is 0 Å². The van der Waals surface area contributed by atoms with Crippen LogP contribution in [0.3, 0.4) is 0 Å².